The molecule has 6 nitrogen and oxygen atoms in total. The first-order chi connectivity index (χ1) is 14.8. The van der Waals surface area contributed by atoms with Crippen LogP contribution < -0.4 is 5.32 Å². The van der Waals surface area contributed by atoms with Gasteiger partial charge in [0.25, 0.3) is 0 Å². The number of nitrogens with zero attached hydrogens (tertiary/aromatic N) is 2. The predicted molar refractivity (Wildman–Crippen MR) is 127 cm³/mol. The fraction of sp³-hybridized carbons (Fsp3) is 0.500. The number of carbonyl (C=O) groups excluding carboxylic acids is 2. The van der Waals surface area contributed by atoms with Gasteiger partial charge in [0.15, 0.2) is 0 Å². The molecular weight excluding hydrogens is 410 g/mol. The van der Waals surface area contributed by atoms with E-state index in [1.54, 1.807) is 6.92 Å². The summed E-state index contributed by atoms with van der Waals surface area (Å²) in [4.78, 5) is 31.1. The number of hydrogen-bond donors (Lipinski definition) is 1. The van der Waals surface area contributed by atoms with Crippen LogP contribution in [0.3, 0.4) is 0 Å². The molecule has 1 amide bonds. The molecule has 1 aliphatic heterocycles. The fourth-order valence-corrected chi connectivity index (χ4v) is 5.14. The molecule has 168 valence electrons. The maximum atomic E-state index is 12.9. The summed E-state index contributed by atoms with van der Waals surface area (Å²) in [6.07, 6.45) is 2.12. The normalized spacial score (nSPS) is 15.3. The van der Waals surface area contributed by atoms with Crippen LogP contribution in [-0.2, 0) is 9.53 Å². The van der Waals surface area contributed by atoms with E-state index in [2.05, 4.69) is 22.2 Å². The van der Waals surface area contributed by atoms with Crippen molar-refractivity contribution in [1.82, 2.24) is 9.80 Å². The van der Waals surface area contributed by atoms with E-state index in [1.807, 2.05) is 45.2 Å². The van der Waals surface area contributed by atoms with Crippen LogP contribution in [0.15, 0.2) is 24.3 Å². The minimum Gasteiger partial charge on any atom is -0.462 e. The molecule has 7 heteroatoms. The molecule has 0 unspecified atom stereocenters. The highest BCUT2D eigenvalue weighted by molar-refractivity contribution is 7.17. The average Bonchev–Trinajstić information content (AvgIpc) is 3.04. The van der Waals surface area contributed by atoms with Gasteiger partial charge in [0.05, 0.1) is 13.2 Å². The number of likely N-dealkylation sites (N-methyl/N-ethyl adjacent to an activating group) is 1. The standard InChI is InChI=1S/C24H33N3O3S/c1-6-30-24(29)22-21(18-9-7-16(2)8-10-18)17(3)31-23(22)25-20(28)15-27(5)19-11-13-26(4)14-12-19/h7-10,19H,6,11-15H2,1-5H3,(H,25,28). The molecule has 0 saturated carbocycles. The Labute approximate surface area is 189 Å². The minimum absolute atomic E-state index is 0.108. The van der Waals surface area contributed by atoms with Gasteiger partial charge in [-0.25, -0.2) is 4.79 Å². The van der Waals surface area contributed by atoms with Crippen molar-refractivity contribution in [1.29, 1.82) is 0 Å². The second-order valence-electron chi connectivity index (χ2n) is 8.32. The molecule has 1 aromatic heterocycles. The van der Waals surface area contributed by atoms with Gasteiger partial charge in [-0.05, 0) is 66.4 Å². The van der Waals surface area contributed by atoms with Gasteiger partial charge in [-0.3, -0.25) is 9.69 Å². The number of anilines is 1. The summed E-state index contributed by atoms with van der Waals surface area (Å²) >= 11 is 1.43. The third kappa shape index (κ3) is 5.73. The second-order valence-corrected chi connectivity index (χ2v) is 9.55. The number of piperidine rings is 1. The summed E-state index contributed by atoms with van der Waals surface area (Å²) in [5.41, 5.74) is 3.39. The van der Waals surface area contributed by atoms with Crippen LogP contribution in [0, 0.1) is 13.8 Å². The van der Waals surface area contributed by atoms with Gasteiger partial charge in [0.2, 0.25) is 5.91 Å². The molecule has 1 N–H and O–H groups in total. The molecule has 0 radical (unpaired) electrons. The number of amides is 1. The number of ether oxygens (including phenoxy) is 1. The summed E-state index contributed by atoms with van der Waals surface area (Å²) in [5.74, 6) is -0.509. The van der Waals surface area contributed by atoms with Crippen molar-refractivity contribution in [3.05, 3.63) is 40.3 Å². The third-order valence-corrected chi connectivity index (χ3v) is 6.88. The van der Waals surface area contributed by atoms with E-state index in [0.29, 0.717) is 23.2 Å². The van der Waals surface area contributed by atoms with Crippen LogP contribution in [0.25, 0.3) is 11.1 Å². The van der Waals surface area contributed by atoms with Gasteiger partial charge in [-0.1, -0.05) is 29.8 Å². The van der Waals surface area contributed by atoms with E-state index < -0.39 is 5.97 Å². The first kappa shape index (κ1) is 23.4. The van der Waals surface area contributed by atoms with Gasteiger partial charge >= 0.3 is 5.97 Å². The molecule has 0 aliphatic carbocycles. The number of esters is 1. The monoisotopic (exact) mass is 443 g/mol. The lowest BCUT2D eigenvalue weighted by Crippen LogP contribution is -2.44. The number of thiophene rings is 1. The van der Waals surface area contributed by atoms with E-state index in [-0.39, 0.29) is 12.5 Å². The summed E-state index contributed by atoms with van der Waals surface area (Å²) < 4.78 is 5.34. The van der Waals surface area contributed by atoms with Gasteiger partial charge < -0.3 is 15.0 Å². The van der Waals surface area contributed by atoms with E-state index in [4.69, 9.17) is 4.74 Å². The highest BCUT2D eigenvalue weighted by Gasteiger charge is 2.27. The summed E-state index contributed by atoms with van der Waals surface area (Å²) in [7, 11) is 4.13. The molecule has 2 heterocycles. The molecule has 1 fully saturated rings. The predicted octanol–water partition coefficient (Wildman–Crippen LogP) is 4.17. The summed E-state index contributed by atoms with van der Waals surface area (Å²) in [5, 5.41) is 3.56. The minimum atomic E-state index is -0.401. The number of nitrogens with one attached hydrogen (secondary N) is 1. The Hall–Kier alpha value is -2.22. The van der Waals surface area contributed by atoms with Crippen LogP contribution in [0.5, 0.6) is 0 Å². The maximum absolute atomic E-state index is 12.9. The summed E-state index contributed by atoms with van der Waals surface area (Å²) in [6.45, 7) is 8.48. The maximum Gasteiger partial charge on any atom is 0.341 e. The average molecular weight is 444 g/mol. The van der Waals surface area contributed by atoms with Crippen molar-refractivity contribution in [2.24, 2.45) is 0 Å². The Morgan fingerprint density at radius 2 is 1.84 bits per heavy atom. The van der Waals surface area contributed by atoms with Crippen molar-refractivity contribution in [3.63, 3.8) is 0 Å². The molecule has 1 saturated heterocycles. The van der Waals surface area contributed by atoms with Crippen molar-refractivity contribution < 1.29 is 14.3 Å². The number of benzene rings is 1. The zero-order valence-electron chi connectivity index (χ0n) is 19.2. The first-order valence-corrected chi connectivity index (χ1v) is 11.7. The molecule has 1 aromatic carbocycles. The van der Waals surface area contributed by atoms with Gasteiger partial charge in [0.1, 0.15) is 10.6 Å². The zero-order valence-corrected chi connectivity index (χ0v) is 20.0. The SMILES string of the molecule is CCOC(=O)c1c(NC(=O)CN(C)C2CCN(C)CC2)sc(C)c1-c1ccc(C)cc1. The van der Waals surface area contributed by atoms with Gasteiger partial charge in [-0.2, -0.15) is 0 Å². The van der Waals surface area contributed by atoms with Crippen LogP contribution in [-0.4, -0.2) is 68.1 Å². The Morgan fingerprint density at radius 3 is 2.45 bits per heavy atom. The quantitative estimate of drug-likeness (QED) is 0.651. The van der Waals surface area contributed by atoms with Crippen LogP contribution in [0.1, 0.15) is 40.6 Å². The van der Waals surface area contributed by atoms with Gasteiger partial charge in [-0.15, -0.1) is 11.3 Å². The van der Waals surface area contributed by atoms with Crippen molar-refractivity contribution in [2.75, 3.05) is 45.7 Å². The molecule has 0 bridgehead atoms. The molecular formula is C24H33N3O3S. The second kappa shape index (κ2) is 10.4. The van der Waals surface area contributed by atoms with Crippen LogP contribution in [0.4, 0.5) is 5.00 Å². The topological polar surface area (TPSA) is 61.9 Å². The Morgan fingerprint density at radius 1 is 1.19 bits per heavy atom. The van der Waals surface area contributed by atoms with E-state index >= 15 is 0 Å². The highest BCUT2D eigenvalue weighted by atomic mass is 32.1. The van der Waals surface area contributed by atoms with Crippen LogP contribution in [0.2, 0.25) is 0 Å². The van der Waals surface area contributed by atoms with Gasteiger partial charge in [0, 0.05) is 16.5 Å². The number of likely N-dealkylation sites (tertiary alicyclic amines) is 1. The Kier molecular flexibility index (Phi) is 7.86. The number of aryl methyl sites for hydroxylation is 2. The van der Waals surface area contributed by atoms with E-state index in [0.717, 1.165) is 47.5 Å². The Balaban J connectivity index is 1.81. The van der Waals surface area contributed by atoms with Crippen molar-refractivity contribution in [3.8, 4) is 11.1 Å². The number of rotatable bonds is 7. The summed E-state index contributed by atoms with van der Waals surface area (Å²) in [6, 6.07) is 8.46. The number of carbonyl (C=O) groups is 2. The third-order valence-electron chi connectivity index (χ3n) is 5.86. The lowest BCUT2D eigenvalue weighted by Gasteiger charge is -2.34. The molecule has 31 heavy (non-hydrogen) atoms. The molecule has 0 atom stereocenters. The van der Waals surface area contributed by atoms with E-state index in [1.165, 1.54) is 11.3 Å². The fourth-order valence-electron chi connectivity index (χ4n) is 4.06. The largest absolute Gasteiger partial charge is 0.462 e. The number of hydrogen-bond acceptors (Lipinski definition) is 6. The lowest BCUT2D eigenvalue weighted by atomic mass is 10.0. The smallest absolute Gasteiger partial charge is 0.341 e. The molecule has 2 aromatic rings. The van der Waals surface area contributed by atoms with Crippen molar-refractivity contribution >= 4 is 28.2 Å². The highest BCUT2D eigenvalue weighted by Crippen LogP contribution is 2.40. The molecule has 3 rings (SSSR count). The Bertz CT molecular complexity index is 915. The zero-order chi connectivity index (χ0) is 22.5. The first-order valence-electron chi connectivity index (χ1n) is 10.9. The van der Waals surface area contributed by atoms with E-state index in [9.17, 15) is 9.59 Å². The van der Waals surface area contributed by atoms with Crippen LogP contribution >= 0.6 is 11.3 Å². The molecule has 0 spiro atoms. The lowest BCUT2D eigenvalue weighted by molar-refractivity contribution is -0.117. The van der Waals surface area contributed by atoms with Crippen molar-refractivity contribution in [2.45, 2.75) is 39.7 Å². The molecule has 1 aliphatic rings.